The predicted octanol–water partition coefficient (Wildman–Crippen LogP) is 3.99. The van der Waals surface area contributed by atoms with Crippen molar-refractivity contribution >= 4 is 11.7 Å². The Labute approximate surface area is 184 Å². The van der Waals surface area contributed by atoms with Gasteiger partial charge in [-0.1, -0.05) is 26.0 Å². The minimum atomic E-state index is -0.386. The van der Waals surface area contributed by atoms with Gasteiger partial charge in [0, 0.05) is 12.1 Å². The SMILES string of the molecule is CCOc1ccccc1C(=O)Nc1cc(-c2ccco2)nn1-c1nc(C(C)C)cc(=O)[nH]1. The molecule has 0 aliphatic rings. The molecule has 164 valence electrons. The maximum absolute atomic E-state index is 13.1. The highest BCUT2D eigenvalue weighted by Gasteiger charge is 2.20. The van der Waals surface area contributed by atoms with Crippen molar-refractivity contribution in [2.75, 3.05) is 11.9 Å². The number of carbonyl (C=O) groups is 1. The fourth-order valence-electron chi connectivity index (χ4n) is 3.15. The summed E-state index contributed by atoms with van der Waals surface area (Å²) in [7, 11) is 0. The Bertz CT molecular complexity index is 1290. The van der Waals surface area contributed by atoms with Crippen molar-refractivity contribution in [2.45, 2.75) is 26.7 Å². The summed E-state index contributed by atoms with van der Waals surface area (Å²) in [5, 5.41) is 7.37. The number of nitrogens with one attached hydrogen (secondary N) is 2. The largest absolute Gasteiger partial charge is 0.493 e. The lowest BCUT2D eigenvalue weighted by Crippen LogP contribution is -2.20. The van der Waals surface area contributed by atoms with E-state index in [-0.39, 0.29) is 23.3 Å². The Morgan fingerprint density at radius 2 is 2.03 bits per heavy atom. The van der Waals surface area contributed by atoms with Crippen molar-refractivity contribution in [3.63, 3.8) is 0 Å². The summed E-state index contributed by atoms with van der Waals surface area (Å²) < 4.78 is 12.4. The number of carbonyl (C=O) groups excluding carboxylic acids is 1. The number of ether oxygens (including phenoxy) is 1. The molecule has 0 fully saturated rings. The second-order valence-electron chi connectivity index (χ2n) is 7.34. The van der Waals surface area contributed by atoms with Crippen molar-refractivity contribution < 1.29 is 13.9 Å². The van der Waals surface area contributed by atoms with Crippen molar-refractivity contribution in [2.24, 2.45) is 0 Å². The van der Waals surface area contributed by atoms with E-state index in [9.17, 15) is 9.59 Å². The van der Waals surface area contributed by atoms with E-state index in [4.69, 9.17) is 9.15 Å². The van der Waals surface area contributed by atoms with Crippen molar-refractivity contribution in [1.82, 2.24) is 19.7 Å². The molecule has 0 aliphatic carbocycles. The van der Waals surface area contributed by atoms with E-state index in [0.717, 1.165) is 0 Å². The lowest BCUT2D eigenvalue weighted by molar-refractivity contribution is 0.102. The van der Waals surface area contributed by atoms with E-state index in [1.807, 2.05) is 20.8 Å². The van der Waals surface area contributed by atoms with Crippen LogP contribution in [-0.2, 0) is 0 Å². The van der Waals surface area contributed by atoms with Crippen LogP contribution in [0.2, 0.25) is 0 Å². The molecule has 0 saturated carbocycles. The van der Waals surface area contributed by atoms with Crippen LogP contribution in [0.1, 0.15) is 42.7 Å². The van der Waals surface area contributed by atoms with Gasteiger partial charge in [-0.15, -0.1) is 0 Å². The summed E-state index contributed by atoms with van der Waals surface area (Å²) in [5.41, 5.74) is 1.14. The fourth-order valence-corrected chi connectivity index (χ4v) is 3.15. The van der Waals surface area contributed by atoms with Crippen LogP contribution in [0.15, 0.2) is 64.0 Å². The van der Waals surface area contributed by atoms with Crippen LogP contribution in [-0.4, -0.2) is 32.3 Å². The van der Waals surface area contributed by atoms with Gasteiger partial charge in [-0.3, -0.25) is 14.6 Å². The minimum Gasteiger partial charge on any atom is -0.493 e. The molecule has 0 bridgehead atoms. The van der Waals surface area contributed by atoms with Gasteiger partial charge in [0.1, 0.15) is 17.3 Å². The van der Waals surface area contributed by atoms with Crippen LogP contribution in [0.3, 0.4) is 0 Å². The van der Waals surface area contributed by atoms with Gasteiger partial charge in [-0.05, 0) is 37.1 Å². The third-order valence-electron chi connectivity index (χ3n) is 4.70. The summed E-state index contributed by atoms with van der Waals surface area (Å²) in [5.74, 6) is 1.13. The lowest BCUT2D eigenvalue weighted by Gasteiger charge is -2.12. The molecule has 2 N–H and O–H groups in total. The zero-order valence-electron chi connectivity index (χ0n) is 18.0. The van der Waals surface area contributed by atoms with Gasteiger partial charge in [-0.2, -0.15) is 9.78 Å². The molecule has 3 aromatic heterocycles. The number of hydrogen-bond donors (Lipinski definition) is 2. The molecular formula is C23H23N5O4. The Morgan fingerprint density at radius 3 is 2.75 bits per heavy atom. The van der Waals surface area contributed by atoms with Crippen LogP contribution in [0.25, 0.3) is 17.4 Å². The number of aromatic nitrogens is 4. The van der Waals surface area contributed by atoms with Crippen LogP contribution >= 0.6 is 0 Å². The topological polar surface area (TPSA) is 115 Å². The molecule has 0 saturated heterocycles. The molecule has 1 aromatic carbocycles. The number of benzene rings is 1. The Kier molecular flexibility index (Phi) is 5.89. The third kappa shape index (κ3) is 4.31. The zero-order valence-corrected chi connectivity index (χ0v) is 18.0. The van der Waals surface area contributed by atoms with Crippen molar-refractivity contribution in [3.05, 3.63) is 76.4 Å². The first kappa shape index (κ1) is 21.1. The van der Waals surface area contributed by atoms with E-state index in [1.165, 1.54) is 17.0 Å². The average molecular weight is 433 g/mol. The number of para-hydroxylation sites is 1. The zero-order chi connectivity index (χ0) is 22.7. The van der Waals surface area contributed by atoms with E-state index < -0.39 is 0 Å². The van der Waals surface area contributed by atoms with Crippen LogP contribution in [0.4, 0.5) is 5.82 Å². The number of nitrogens with zero attached hydrogens (tertiary/aromatic N) is 3. The standard InChI is InChI=1S/C23H23N5O4/c1-4-31-18-9-6-5-8-15(18)22(30)25-20-12-17(19-10-7-11-32-19)27-28(20)23-24-16(14(2)3)13-21(29)26-23/h5-14H,4H2,1-3H3,(H,25,30)(H,24,26,29). The molecule has 1 amide bonds. The normalized spacial score (nSPS) is 11.0. The molecule has 4 aromatic rings. The van der Waals surface area contributed by atoms with Gasteiger partial charge in [0.05, 0.1) is 24.1 Å². The summed E-state index contributed by atoms with van der Waals surface area (Å²) in [4.78, 5) is 32.5. The first-order valence-corrected chi connectivity index (χ1v) is 10.2. The highest BCUT2D eigenvalue weighted by Crippen LogP contribution is 2.26. The molecular weight excluding hydrogens is 410 g/mol. The quantitative estimate of drug-likeness (QED) is 0.455. The summed E-state index contributed by atoms with van der Waals surface area (Å²) in [6.07, 6.45) is 1.53. The van der Waals surface area contributed by atoms with E-state index in [2.05, 4.69) is 20.4 Å². The number of rotatable bonds is 7. The smallest absolute Gasteiger partial charge is 0.260 e. The second kappa shape index (κ2) is 8.93. The van der Waals surface area contributed by atoms with Crippen LogP contribution in [0.5, 0.6) is 5.75 Å². The van der Waals surface area contributed by atoms with Crippen molar-refractivity contribution in [1.29, 1.82) is 0 Å². The molecule has 0 spiro atoms. The number of anilines is 1. The predicted molar refractivity (Wildman–Crippen MR) is 119 cm³/mol. The van der Waals surface area contributed by atoms with Gasteiger partial charge < -0.3 is 14.5 Å². The molecule has 0 aliphatic heterocycles. The monoisotopic (exact) mass is 433 g/mol. The molecule has 9 nitrogen and oxygen atoms in total. The third-order valence-corrected chi connectivity index (χ3v) is 4.70. The van der Waals surface area contributed by atoms with Crippen molar-refractivity contribution in [3.8, 4) is 23.2 Å². The molecule has 0 radical (unpaired) electrons. The number of furan rings is 1. The molecule has 4 rings (SSSR count). The number of H-pyrrole nitrogens is 1. The highest BCUT2D eigenvalue weighted by atomic mass is 16.5. The second-order valence-corrected chi connectivity index (χ2v) is 7.34. The number of aromatic amines is 1. The van der Waals surface area contributed by atoms with Gasteiger partial charge >= 0.3 is 0 Å². The van der Waals surface area contributed by atoms with Crippen LogP contribution < -0.4 is 15.6 Å². The first-order chi connectivity index (χ1) is 15.5. The highest BCUT2D eigenvalue weighted by molar-refractivity contribution is 6.06. The van der Waals surface area contributed by atoms with Crippen LogP contribution in [0, 0.1) is 0 Å². The molecule has 0 atom stereocenters. The maximum Gasteiger partial charge on any atom is 0.260 e. The summed E-state index contributed by atoms with van der Waals surface area (Å²) in [6.45, 7) is 6.16. The Morgan fingerprint density at radius 1 is 1.22 bits per heavy atom. The lowest BCUT2D eigenvalue weighted by atomic mass is 10.1. The summed E-state index contributed by atoms with van der Waals surface area (Å²) >= 11 is 0. The number of hydrogen-bond acceptors (Lipinski definition) is 6. The van der Waals surface area contributed by atoms with E-state index in [1.54, 1.807) is 42.5 Å². The summed E-state index contributed by atoms with van der Waals surface area (Å²) in [6, 6.07) is 13.6. The molecule has 32 heavy (non-hydrogen) atoms. The van der Waals surface area contributed by atoms with E-state index >= 15 is 0 Å². The van der Waals surface area contributed by atoms with E-state index in [0.29, 0.717) is 40.9 Å². The fraction of sp³-hybridized carbons (Fsp3) is 0.217. The maximum atomic E-state index is 13.1. The Hall–Kier alpha value is -4.14. The molecule has 9 heteroatoms. The molecule has 3 heterocycles. The van der Waals surface area contributed by atoms with Gasteiger partial charge in [0.2, 0.25) is 5.95 Å². The average Bonchev–Trinajstić information content (AvgIpc) is 3.44. The van der Waals surface area contributed by atoms with Gasteiger partial charge in [-0.25, -0.2) is 4.98 Å². The Balaban J connectivity index is 1.79. The number of amides is 1. The van der Waals surface area contributed by atoms with Gasteiger partial charge in [0.15, 0.2) is 5.76 Å². The molecule has 0 unspecified atom stereocenters. The first-order valence-electron chi connectivity index (χ1n) is 10.2. The minimum absolute atomic E-state index is 0.0345. The van der Waals surface area contributed by atoms with Gasteiger partial charge in [0.25, 0.3) is 11.5 Å².